The highest BCUT2D eigenvalue weighted by atomic mass is 32.2. The van der Waals surface area contributed by atoms with Crippen molar-refractivity contribution in [3.8, 4) is 0 Å². The molecule has 0 saturated carbocycles. The molecule has 1 atom stereocenters. The van der Waals surface area contributed by atoms with Crippen LogP contribution in [0.2, 0.25) is 0 Å². The van der Waals surface area contributed by atoms with Crippen molar-refractivity contribution in [2.75, 3.05) is 18.6 Å². The van der Waals surface area contributed by atoms with Crippen LogP contribution in [0.1, 0.15) is 17.7 Å². The molecule has 16 heavy (non-hydrogen) atoms. The maximum atomic E-state index is 8.95. The van der Waals surface area contributed by atoms with E-state index >= 15 is 0 Å². The fourth-order valence-corrected chi connectivity index (χ4v) is 2.23. The van der Waals surface area contributed by atoms with Crippen LogP contribution in [-0.4, -0.2) is 34.7 Å². The highest BCUT2D eigenvalue weighted by molar-refractivity contribution is 7.98. The number of nitrogens with zero attached hydrogens (tertiary/aromatic N) is 1. The van der Waals surface area contributed by atoms with Crippen molar-refractivity contribution in [2.45, 2.75) is 25.9 Å². The molecule has 0 fully saturated rings. The summed E-state index contributed by atoms with van der Waals surface area (Å²) < 4.78 is 0. The second kappa shape index (κ2) is 7.65. The molecular formula is C12H20N2OS. The van der Waals surface area contributed by atoms with Crippen molar-refractivity contribution >= 4 is 11.8 Å². The topological polar surface area (TPSA) is 45.1 Å². The standard InChI is InChI=1S/C12H20N2OS/c1-10-4-3-6-13-12(10)8-14-11(5-7-15)9-16-2/h3-4,6,11,14-15H,5,7-9H2,1-2H3. The number of hydrogen-bond acceptors (Lipinski definition) is 4. The zero-order chi connectivity index (χ0) is 11.8. The first-order chi connectivity index (χ1) is 7.77. The van der Waals surface area contributed by atoms with Gasteiger partial charge in [0.2, 0.25) is 0 Å². The van der Waals surface area contributed by atoms with Gasteiger partial charge in [-0.05, 0) is 31.2 Å². The molecule has 1 unspecified atom stereocenters. The fraction of sp³-hybridized carbons (Fsp3) is 0.583. The van der Waals surface area contributed by atoms with E-state index < -0.39 is 0 Å². The Bertz CT molecular complexity index is 301. The van der Waals surface area contributed by atoms with E-state index in [1.165, 1.54) is 5.56 Å². The monoisotopic (exact) mass is 240 g/mol. The predicted octanol–water partition coefficient (Wildman–Crippen LogP) is 1.59. The van der Waals surface area contributed by atoms with E-state index in [-0.39, 0.29) is 6.61 Å². The Morgan fingerprint density at radius 3 is 3.00 bits per heavy atom. The number of aryl methyl sites for hydroxylation is 1. The number of aliphatic hydroxyl groups is 1. The predicted molar refractivity (Wildman–Crippen MR) is 69.7 cm³/mol. The van der Waals surface area contributed by atoms with E-state index in [4.69, 9.17) is 5.11 Å². The minimum Gasteiger partial charge on any atom is -0.396 e. The van der Waals surface area contributed by atoms with Gasteiger partial charge in [0.15, 0.2) is 0 Å². The lowest BCUT2D eigenvalue weighted by molar-refractivity contribution is 0.269. The number of pyridine rings is 1. The Morgan fingerprint density at radius 1 is 1.56 bits per heavy atom. The lowest BCUT2D eigenvalue weighted by Crippen LogP contribution is -2.32. The van der Waals surface area contributed by atoms with Crippen LogP contribution in [0.3, 0.4) is 0 Å². The summed E-state index contributed by atoms with van der Waals surface area (Å²) in [6.07, 6.45) is 4.70. The van der Waals surface area contributed by atoms with Gasteiger partial charge in [-0.15, -0.1) is 0 Å². The molecular weight excluding hydrogens is 220 g/mol. The van der Waals surface area contributed by atoms with E-state index in [0.29, 0.717) is 6.04 Å². The van der Waals surface area contributed by atoms with Crippen molar-refractivity contribution in [1.82, 2.24) is 10.3 Å². The summed E-state index contributed by atoms with van der Waals surface area (Å²) in [6, 6.07) is 4.38. The quantitative estimate of drug-likeness (QED) is 0.760. The molecule has 1 aromatic heterocycles. The van der Waals surface area contributed by atoms with Crippen molar-refractivity contribution < 1.29 is 5.11 Å². The Hall–Kier alpha value is -0.580. The van der Waals surface area contributed by atoms with Gasteiger partial charge in [-0.25, -0.2) is 0 Å². The zero-order valence-corrected chi connectivity index (χ0v) is 10.8. The molecule has 0 bridgehead atoms. The van der Waals surface area contributed by atoms with Gasteiger partial charge in [0.05, 0.1) is 5.69 Å². The van der Waals surface area contributed by atoms with Gasteiger partial charge in [0.25, 0.3) is 0 Å². The minimum atomic E-state index is 0.236. The first kappa shape index (κ1) is 13.5. The van der Waals surface area contributed by atoms with Gasteiger partial charge in [0.1, 0.15) is 0 Å². The van der Waals surface area contributed by atoms with Crippen LogP contribution in [0.4, 0.5) is 0 Å². The Kier molecular flexibility index (Phi) is 6.45. The van der Waals surface area contributed by atoms with Crippen molar-refractivity contribution in [1.29, 1.82) is 0 Å². The number of thioether (sulfide) groups is 1. The lowest BCUT2D eigenvalue weighted by Gasteiger charge is -2.16. The van der Waals surface area contributed by atoms with E-state index in [9.17, 15) is 0 Å². The summed E-state index contributed by atoms with van der Waals surface area (Å²) in [6.45, 7) is 3.08. The summed E-state index contributed by atoms with van der Waals surface area (Å²) >= 11 is 1.79. The molecule has 0 spiro atoms. The van der Waals surface area contributed by atoms with Crippen LogP contribution in [0.5, 0.6) is 0 Å². The first-order valence-electron chi connectivity index (χ1n) is 5.51. The maximum Gasteiger partial charge on any atom is 0.0570 e. The molecule has 90 valence electrons. The van der Waals surface area contributed by atoms with Crippen LogP contribution in [0.15, 0.2) is 18.3 Å². The molecule has 3 nitrogen and oxygen atoms in total. The maximum absolute atomic E-state index is 8.95. The molecule has 0 aliphatic rings. The Balaban J connectivity index is 2.45. The molecule has 1 rings (SSSR count). The Morgan fingerprint density at radius 2 is 2.38 bits per heavy atom. The molecule has 0 radical (unpaired) electrons. The molecule has 0 aliphatic carbocycles. The number of hydrogen-bond donors (Lipinski definition) is 2. The smallest absolute Gasteiger partial charge is 0.0570 e. The van der Waals surface area contributed by atoms with E-state index in [1.54, 1.807) is 11.8 Å². The van der Waals surface area contributed by atoms with Gasteiger partial charge in [0, 0.05) is 31.1 Å². The summed E-state index contributed by atoms with van der Waals surface area (Å²) in [5, 5.41) is 12.4. The molecule has 2 N–H and O–H groups in total. The number of nitrogens with one attached hydrogen (secondary N) is 1. The zero-order valence-electron chi connectivity index (χ0n) is 9.94. The second-order valence-corrected chi connectivity index (χ2v) is 4.72. The van der Waals surface area contributed by atoms with Gasteiger partial charge >= 0.3 is 0 Å². The van der Waals surface area contributed by atoms with Gasteiger partial charge in [-0.1, -0.05) is 6.07 Å². The third-order valence-electron chi connectivity index (χ3n) is 2.52. The summed E-state index contributed by atoms with van der Waals surface area (Å²) in [7, 11) is 0. The van der Waals surface area contributed by atoms with E-state index in [2.05, 4.69) is 29.5 Å². The summed E-state index contributed by atoms with van der Waals surface area (Å²) in [4.78, 5) is 4.34. The molecule has 4 heteroatoms. The molecule has 0 saturated heterocycles. The molecule has 1 heterocycles. The van der Waals surface area contributed by atoms with Crippen LogP contribution in [0.25, 0.3) is 0 Å². The molecule has 0 amide bonds. The van der Waals surface area contributed by atoms with Crippen LogP contribution in [-0.2, 0) is 6.54 Å². The van der Waals surface area contributed by atoms with Crippen molar-refractivity contribution in [3.05, 3.63) is 29.6 Å². The van der Waals surface area contributed by atoms with Crippen molar-refractivity contribution in [2.24, 2.45) is 0 Å². The van der Waals surface area contributed by atoms with Crippen LogP contribution in [0, 0.1) is 6.92 Å². The van der Waals surface area contributed by atoms with Gasteiger partial charge in [-0.2, -0.15) is 11.8 Å². The Labute approximate surface area is 102 Å². The van der Waals surface area contributed by atoms with Gasteiger partial charge < -0.3 is 10.4 Å². The van der Waals surface area contributed by atoms with Crippen LogP contribution < -0.4 is 5.32 Å². The number of rotatable bonds is 7. The van der Waals surface area contributed by atoms with E-state index in [1.807, 2.05) is 12.3 Å². The third kappa shape index (κ3) is 4.51. The molecule has 0 aliphatic heterocycles. The van der Waals surface area contributed by atoms with Crippen molar-refractivity contribution in [3.63, 3.8) is 0 Å². The minimum absolute atomic E-state index is 0.236. The number of aliphatic hydroxyl groups excluding tert-OH is 1. The van der Waals surface area contributed by atoms with Crippen LogP contribution >= 0.6 is 11.8 Å². The highest BCUT2D eigenvalue weighted by Crippen LogP contribution is 2.06. The first-order valence-corrected chi connectivity index (χ1v) is 6.91. The summed E-state index contributed by atoms with van der Waals surface area (Å²) in [5.74, 6) is 1.02. The van der Waals surface area contributed by atoms with Gasteiger partial charge in [-0.3, -0.25) is 4.98 Å². The van der Waals surface area contributed by atoms with E-state index in [0.717, 1.165) is 24.4 Å². The second-order valence-electron chi connectivity index (χ2n) is 3.81. The average Bonchev–Trinajstić information content (AvgIpc) is 2.28. The molecule has 1 aromatic rings. The average molecular weight is 240 g/mol. The lowest BCUT2D eigenvalue weighted by atomic mass is 10.2. The fourth-order valence-electron chi connectivity index (χ4n) is 1.55. The largest absolute Gasteiger partial charge is 0.396 e. The number of aromatic nitrogens is 1. The normalized spacial score (nSPS) is 12.7. The summed E-state index contributed by atoms with van der Waals surface area (Å²) in [5.41, 5.74) is 2.30. The highest BCUT2D eigenvalue weighted by Gasteiger charge is 2.07. The third-order valence-corrected chi connectivity index (χ3v) is 3.26. The molecule has 0 aromatic carbocycles. The SMILES string of the molecule is CSCC(CCO)NCc1ncccc1C.